The highest BCUT2D eigenvalue weighted by atomic mass is 35.5. The first-order valence-electron chi connectivity index (χ1n) is 10.5. The van der Waals surface area contributed by atoms with Gasteiger partial charge in [-0.25, -0.2) is 4.68 Å². The summed E-state index contributed by atoms with van der Waals surface area (Å²) in [6.07, 6.45) is 1.77. The largest absolute Gasteiger partial charge is 0.490 e. The van der Waals surface area contributed by atoms with Crippen molar-refractivity contribution in [1.82, 2.24) is 9.78 Å². The molecule has 0 aliphatic carbocycles. The van der Waals surface area contributed by atoms with Gasteiger partial charge in [-0.15, -0.1) is 0 Å². The number of rotatable bonds is 10. The molecule has 31 heavy (non-hydrogen) atoms. The van der Waals surface area contributed by atoms with Gasteiger partial charge < -0.3 is 14.8 Å². The molecule has 6 nitrogen and oxygen atoms in total. The van der Waals surface area contributed by atoms with Crippen molar-refractivity contribution in [3.05, 3.63) is 70.5 Å². The molecule has 1 aromatic heterocycles. The first kappa shape index (κ1) is 22.7. The van der Waals surface area contributed by atoms with Gasteiger partial charge in [0.1, 0.15) is 5.15 Å². The highest BCUT2D eigenvalue weighted by molar-refractivity contribution is 6.33. The second-order valence-corrected chi connectivity index (χ2v) is 7.57. The third-order valence-electron chi connectivity index (χ3n) is 4.59. The van der Waals surface area contributed by atoms with Crippen LogP contribution in [0.1, 0.15) is 48.3 Å². The van der Waals surface area contributed by atoms with Gasteiger partial charge >= 0.3 is 0 Å². The molecule has 0 fully saturated rings. The molecule has 0 unspecified atom stereocenters. The molecule has 0 spiro atoms. The quantitative estimate of drug-likeness (QED) is 0.436. The molecule has 1 amide bonds. The standard InChI is InChI=1S/C24H28ClN3O3/c1-4-13-30-20-12-11-19(15-21(20)31-14-5-2)26-24(29)22-17(3)27-28(23(22)25)16-18-9-7-6-8-10-18/h6-12,15H,4-5,13-14,16H2,1-3H3,(H,26,29). The van der Waals surface area contributed by atoms with E-state index in [0.29, 0.717) is 53.4 Å². The maximum Gasteiger partial charge on any atom is 0.260 e. The van der Waals surface area contributed by atoms with Crippen molar-refractivity contribution in [2.45, 2.75) is 40.2 Å². The number of hydrogen-bond donors (Lipinski definition) is 1. The van der Waals surface area contributed by atoms with E-state index in [0.717, 1.165) is 18.4 Å². The molecule has 0 bridgehead atoms. The fourth-order valence-electron chi connectivity index (χ4n) is 3.11. The van der Waals surface area contributed by atoms with Crippen molar-refractivity contribution in [2.24, 2.45) is 0 Å². The zero-order valence-corrected chi connectivity index (χ0v) is 18.9. The van der Waals surface area contributed by atoms with E-state index < -0.39 is 0 Å². The van der Waals surface area contributed by atoms with E-state index in [1.165, 1.54) is 0 Å². The van der Waals surface area contributed by atoms with Crippen LogP contribution in [0.3, 0.4) is 0 Å². The van der Waals surface area contributed by atoms with Crippen LogP contribution in [-0.4, -0.2) is 28.9 Å². The Morgan fingerprint density at radius 1 is 1.03 bits per heavy atom. The van der Waals surface area contributed by atoms with Gasteiger partial charge in [0.2, 0.25) is 0 Å². The molecule has 0 radical (unpaired) electrons. The summed E-state index contributed by atoms with van der Waals surface area (Å²) in [6.45, 7) is 7.52. The second-order valence-electron chi connectivity index (χ2n) is 7.21. The summed E-state index contributed by atoms with van der Waals surface area (Å²) in [7, 11) is 0. The van der Waals surface area contributed by atoms with Gasteiger partial charge in [0, 0.05) is 11.8 Å². The van der Waals surface area contributed by atoms with Gasteiger partial charge in [-0.2, -0.15) is 5.10 Å². The Kier molecular flexibility index (Phi) is 7.95. The van der Waals surface area contributed by atoms with Crippen molar-refractivity contribution in [3.63, 3.8) is 0 Å². The van der Waals surface area contributed by atoms with Gasteiger partial charge in [-0.3, -0.25) is 4.79 Å². The van der Waals surface area contributed by atoms with Gasteiger partial charge in [0.05, 0.1) is 31.0 Å². The smallest absolute Gasteiger partial charge is 0.260 e. The Balaban J connectivity index is 1.79. The van der Waals surface area contributed by atoms with Crippen molar-refractivity contribution in [1.29, 1.82) is 0 Å². The lowest BCUT2D eigenvalue weighted by Crippen LogP contribution is -2.13. The predicted octanol–water partition coefficient (Wildman–Crippen LogP) is 5.72. The van der Waals surface area contributed by atoms with Crippen LogP contribution in [0, 0.1) is 6.92 Å². The SMILES string of the molecule is CCCOc1ccc(NC(=O)c2c(C)nn(Cc3ccccc3)c2Cl)cc1OCCC. The molecular formula is C24H28ClN3O3. The highest BCUT2D eigenvalue weighted by Gasteiger charge is 2.21. The lowest BCUT2D eigenvalue weighted by atomic mass is 10.2. The molecular weight excluding hydrogens is 414 g/mol. The molecule has 0 atom stereocenters. The van der Waals surface area contributed by atoms with E-state index in [2.05, 4.69) is 10.4 Å². The highest BCUT2D eigenvalue weighted by Crippen LogP contribution is 2.31. The summed E-state index contributed by atoms with van der Waals surface area (Å²) in [4.78, 5) is 13.0. The Labute approximate surface area is 188 Å². The molecule has 1 heterocycles. The van der Waals surface area contributed by atoms with Crippen LogP contribution in [-0.2, 0) is 6.54 Å². The number of aryl methyl sites for hydroxylation is 1. The minimum Gasteiger partial charge on any atom is -0.490 e. The number of carbonyl (C=O) groups is 1. The lowest BCUT2D eigenvalue weighted by molar-refractivity contribution is 0.102. The molecule has 2 aromatic carbocycles. The van der Waals surface area contributed by atoms with Crippen LogP contribution >= 0.6 is 11.6 Å². The molecule has 164 valence electrons. The zero-order valence-electron chi connectivity index (χ0n) is 18.2. The fraction of sp³-hybridized carbons (Fsp3) is 0.333. The molecule has 0 saturated carbocycles. The predicted molar refractivity (Wildman–Crippen MR) is 123 cm³/mol. The van der Waals surface area contributed by atoms with Crippen molar-refractivity contribution >= 4 is 23.2 Å². The van der Waals surface area contributed by atoms with Crippen molar-refractivity contribution in [3.8, 4) is 11.5 Å². The topological polar surface area (TPSA) is 65.4 Å². The molecule has 0 aliphatic heterocycles. The number of hydrogen-bond acceptors (Lipinski definition) is 4. The third-order valence-corrected chi connectivity index (χ3v) is 4.98. The molecule has 0 aliphatic rings. The summed E-state index contributed by atoms with van der Waals surface area (Å²) in [5.41, 5.74) is 2.59. The molecule has 0 saturated heterocycles. The van der Waals surface area contributed by atoms with Crippen LogP contribution in [0.5, 0.6) is 11.5 Å². The minimum atomic E-state index is -0.314. The van der Waals surface area contributed by atoms with Gasteiger partial charge in [0.25, 0.3) is 5.91 Å². The van der Waals surface area contributed by atoms with Gasteiger partial charge in [0.15, 0.2) is 11.5 Å². The Morgan fingerprint density at radius 3 is 2.39 bits per heavy atom. The zero-order chi connectivity index (χ0) is 22.2. The van der Waals surface area contributed by atoms with Crippen molar-refractivity contribution in [2.75, 3.05) is 18.5 Å². The van der Waals surface area contributed by atoms with Crippen LogP contribution in [0.15, 0.2) is 48.5 Å². The monoisotopic (exact) mass is 441 g/mol. The summed E-state index contributed by atoms with van der Waals surface area (Å²) >= 11 is 6.52. The number of nitrogens with zero attached hydrogens (tertiary/aromatic N) is 2. The number of carbonyl (C=O) groups excluding carboxylic acids is 1. The third kappa shape index (κ3) is 5.79. The molecule has 3 rings (SSSR count). The normalized spacial score (nSPS) is 10.7. The number of anilines is 1. The van der Waals surface area contributed by atoms with E-state index in [1.807, 2.05) is 50.2 Å². The Morgan fingerprint density at radius 2 is 1.71 bits per heavy atom. The Bertz CT molecular complexity index is 1020. The van der Waals surface area contributed by atoms with Crippen LogP contribution in [0.4, 0.5) is 5.69 Å². The summed E-state index contributed by atoms with van der Waals surface area (Å²) < 4.78 is 13.2. The first-order chi connectivity index (χ1) is 15.0. The van der Waals surface area contributed by atoms with Crippen LogP contribution in [0.25, 0.3) is 0 Å². The summed E-state index contributed by atoms with van der Waals surface area (Å²) in [5, 5.41) is 7.67. The number of benzene rings is 2. The van der Waals surface area contributed by atoms with Gasteiger partial charge in [-0.05, 0) is 37.5 Å². The molecule has 3 aromatic rings. The lowest BCUT2D eigenvalue weighted by Gasteiger charge is -2.14. The maximum absolute atomic E-state index is 13.0. The van der Waals surface area contributed by atoms with Crippen LogP contribution < -0.4 is 14.8 Å². The number of ether oxygens (including phenoxy) is 2. The van der Waals surface area contributed by atoms with Crippen molar-refractivity contribution < 1.29 is 14.3 Å². The van der Waals surface area contributed by atoms with Gasteiger partial charge in [-0.1, -0.05) is 55.8 Å². The van der Waals surface area contributed by atoms with E-state index in [9.17, 15) is 4.79 Å². The number of amides is 1. The molecule has 7 heteroatoms. The first-order valence-corrected chi connectivity index (χ1v) is 10.9. The maximum atomic E-state index is 13.0. The Hall–Kier alpha value is -2.99. The van der Waals surface area contributed by atoms with E-state index in [-0.39, 0.29) is 5.91 Å². The molecule has 1 N–H and O–H groups in total. The average molecular weight is 442 g/mol. The average Bonchev–Trinajstić information content (AvgIpc) is 3.05. The van der Waals surface area contributed by atoms with E-state index in [1.54, 1.807) is 23.7 Å². The number of halogens is 1. The van der Waals surface area contributed by atoms with Crippen LogP contribution in [0.2, 0.25) is 5.15 Å². The number of aromatic nitrogens is 2. The van der Waals surface area contributed by atoms with E-state index >= 15 is 0 Å². The summed E-state index contributed by atoms with van der Waals surface area (Å²) in [6, 6.07) is 15.2. The summed E-state index contributed by atoms with van der Waals surface area (Å²) in [5.74, 6) is 0.958. The number of nitrogens with one attached hydrogen (secondary N) is 1. The second kappa shape index (κ2) is 10.9. The van der Waals surface area contributed by atoms with E-state index in [4.69, 9.17) is 21.1 Å². The fourth-order valence-corrected chi connectivity index (χ4v) is 3.43. The minimum absolute atomic E-state index is 0.309.